The molecule has 0 radical (unpaired) electrons. The largest absolute Gasteiger partial charge is 0.383 e. The molecule has 0 spiro atoms. The molecule has 0 fully saturated rings. The van der Waals surface area contributed by atoms with Crippen LogP contribution in [0.3, 0.4) is 0 Å². The molecule has 0 saturated heterocycles. The molecule has 2 unspecified atom stereocenters. The Morgan fingerprint density at radius 1 is 1.20 bits per heavy atom. The Labute approximate surface area is 92.9 Å². The maximum absolute atomic E-state index is 5.68. The van der Waals surface area contributed by atoms with Crippen LogP contribution < -0.4 is 11.1 Å². The van der Waals surface area contributed by atoms with Gasteiger partial charge in [-0.05, 0) is 37.0 Å². The standard InChI is InChI=1S/C13H22N2/c1-4-10(2)12-5-7-13(8-6-12)15-9-11(3)14/h5-8,10-11,15H,4,9,14H2,1-3H3. The summed E-state index contributed by atoms with van der Waals surface area (Å²) in [5.41, 5.74) is 8.24. The molecule has 1 rings (SSSR count). The van der Waals surface area contributed by atoms with Crippen molar-refractivity contribution in [3.05, 3.63) is 29.8 Å². The van der Waals surface area contributed by atoms with E-state index in [0.29, 0.717) is 5.92 Å². The highest BCUT2D eigenvalue weighted by atomic mass is 14.9. The smallest absolute Gasteiger partial charge is 0.0340 e. The monoisotopic (exact) mass is 206 g/mol. The molecule has 1 aromatic rings. The van der Waals surface area contributed by atoms with Gasteiger partial charge in [0.05, 0.1) is 0 Å². The first-order chi connectivity index (χ1) is 7.13. The predicted molar refractivity (Wildman–Crippen MR) is 67.3 cm³/mol. The fourth-order valence-electron chi connectivity index (χ4n) is 1.44. The van der Waals surface area contributed by atoms with E-state index in [4.69, 9.17) is 5.73 Å². The summed E-state index contributed by atoms with van der Waals surface area (Å²) in [6.45, 7) is 7.29. The number of nitrogens with two attached hydrogens (primary N) is 1. The van der Waals surface area contributed by atoms with Crippen LogP contribution in [0.25, 0.3) is 0 Å². The lowest BCUT2D eigenvalue weighted by atomic mass is 9.99. The third-order valence-corrected chi connectivity index (χ3v) is 2.72. The zero-order valence-electron chi connectivity index (χ0n) is 9.96. The first kappa shape index (κ1) is 12.1. The van der Waals surface area contributed by atoms with Gasteiger partial charge in [0.25, 0.3) is 0 Å². The number of hydrogen-bond acceptors (Lipinski definition) is 2. The molecule has 3 N–H and O–H groups in total. The van der Waals surface area contributed by atoms with Crippen LogP contribution in [0, 0.1) is 0 Å². The molecule has 2 nitrogen and oxygen atoms in total. The SMILES string of the molecule is CCC(C)c1ccc(NCC(C)N)cc1. The lowest BCUT2D eigenvalue weighted by Crippen LogP contribution is -2.25. The van der Waals surface area contributed by atoms with Gasteiger partial charge in [-0.2, -0.15) is 0 Å². The fraction of sp³-hybridized carbons (Fsp3) is 0.538. The van der Waals surface area contributed by atoms with Crippen LogP contribution >= 0.6 is 0 Å². The topological polar surface area (TPSA) is 38.0 Å². The number of nitrogens with one attached hydrogen (secondary N) is 1. The highest BCUT2D eigenvalue weighted by Crippen LogP contribution is 2.20. The van der Waals surface area contributed by atoms with E-state index < -0.39 is 0 Å². The Balaban J connectivity index is 2.56. The highest BCUT2D eigenvalue weighted by molar-refractivity contribution is 5.45. The Kier molecular flexibility index (Phi) is 4.63. The zero-order chi connectivity index (χ0) is 11.3. The second-order valence-corrected chi connectivity index (χ2v) is 4.29. The molecule has 0 bridgehead atoms. The molecular formula is C13H22N2. The average molecular weight is 206 g/mol. The van der Waals surface area contributed by atoms with Crippen molar-refractivity contribution in [1.29, 1.82) is 0 Å². The van der Waals surface area contributed by atoms with Gasteiger partial charge in [0.1, 0.15) is 0 Å². The van der Waals surface area contributed by atoms with Gasteiger partial charge in [0.15, 0.2) is 0 Å². The van der Waals surface area contributed by atoms with E-state index in [0.717, 1.165) is 12.2 Å². The summed E-state index contributed by atoms with van der Waals surface area (Å²) in [5, 5.41) is 3.30. The summed E-state index contributed by atoms with van der Waals surface area (Å²) in [4.78, 5) is 0. The summed E-state index contributed by atoms with van der Waals surface area (Å²) in [5.74, 6) is 0.646. The lowest BCUT2D eigenvalue weighted by Gasteiger charge is -2.12. The molecule has 0 saturated carbocycles. The molecule has 0 heterocycles. The third-order valence-electron chi connectivity index (χ3n) is 2.72. The summed E-state index contributed by atoms with van der Waals surface area (Å²) < 4.78 is 0. The van der Waals surface area contributed by atoms with E-state index in [1.807, 2.05) is 6.92 Å². The molecule has 84 valence electrons. The first-order valence-corrected chi connectivity index (χ1v) is 5.73. The molecule has 0 aliphatic rings. The van der Waals surface area contributed by atoms with E-state index in [1.165, 1.54) is 12.0 Å². The molecule has 2 atom stereocenters. The van der Waals surface area contributed by atoms with Gasteiger partial charge in [0, 0.05) is 18.3 Å². The van der Waals surface area contributed by atoms with Gasteiger partial charge in [-0.1, -0.05) is 26.0 Å². The van der Waals surface area contributed by atoms with Crippen LogP contribution in [0.15, 0.2) is 24.3 Å². The Morgan fingerprint density at radius 2 is 1.80 bits per heavy atom. The zero-order valence-corrected chi connectivity index (χ0v) is 9.96. The van der Waals surface area contributed by atoms with Crippen LogP contribution in [0.2, 0.25) is 0 Å². The van der Waals surface area contributed by atoms with Crippen LogP contribution in [0.4, 0.5) is 5.69 Å². The van der Waals surface area contributed by atoms with E-state index in [-0.39, 0.29) is 6.04 Å². The molecule has 0 aliphatic carbocycles. The number of hydrogen-bond donors (Lipinski definition) is 2. The molecule has 0 aromatic heterocycles. The summed E-state index contributed by atoms with van der Waals surface area (Å²) in [6, 6.07) is 8.84. The predicted octanol–water partition coefficient (Wildman–Crippen LogP) is 2.96. The van der Waals surface area contributed by atoms with E-state index in [1.54, 1.807) is 0 Å². The molecule has 0 aliphatic heterocycles. The lowest BCUT2D eigenvalue weighted by molar-refractivity contribution is 0.733. The quantitative estimate of drug-likeness (QED) is 0.777. The maximum atomic E-state index is 5.68. The Hall–Kier alpha value is -1.02. The summed E-state index contributed by atoms with van der Waals surface area (Å²) in [6.07, 6.45) is 1.19. The Bertz CT molecular complexity index is 277. The molecular weight excluding hydrogens is 184 g/mol. The van der Waals surface area contributed by atoms with Crippen molar-refractivity contribution in [3.8, 4) is 0 Å². The minimum Gasteiger partial charge on any atom is -0.383 e. The average Bonchev–Trinajstić information content (AvgIpc) is 2.26. The summed E-state index contributed by atoms with van der Waals surface area (Å²) >= 11 is 0. The highest BCUT2D eigenvalue weighted by Gasteiger charge is 2.02. The second-order valence-electron chi connectivity index (χ2n) is 4.29. The summed E-state index contributed by atoms with van der Waals surface area (Å²) in [7, 11) is 0. The van der Waals surface area contributed by atoms with E-state index in [9.17, 15) is 0 Å². The first-order valence-electron chi connectivity index (χ1n) is 5.73. The van der Waals surface area contributed by atoms with Crippen molar-refractivity contribution in [2.75, 3.05) is 11.9 Å². The van der Waals surface area contributed by atoms with Crippen molar-refractivity contribution >= 4 is 5.69 Å². The van der Waals surface area contributed by atoms with Crippen LogP contribution in [-0.2, 0) is 0 Å². The van der Waals surface area contributed by atoms with Crippen molar-refractivity contribution in [1.82, 2.24) is 0 Å². The molecule has 0 amide bonds. The van der Waals surface area contributed by atoms with Gasteiger partial charge in [-0.25, -0.2) is 0 Å². The van der Waals surface area contributed by atoms with Gasteiger partial charge in [0.2, 0.25) is 0 Å². The van der Waals surface area contributed by atoms with Gasteiger partial charge < -0.3 is 11.1 Å². The minimum atomic E-state index is 0.194. The molecule has 1 aromatic carbocycles. The van der Waals surface area contributed by atoms with Gasteiger partial charge in [-0.15, -0.1) is 0 Å². The number of rotatable bonds is 5. The second kappa shape index (κ2) is 5.76. The van der Waals surface area contributed by atoms with Crippen LogP contribution in [-0.4, -0.2) is 12.6 Å². The third kappa shape index (κ3) is 3.92. The Morgan fingerprint density at radius 3 is 2.27 bits per heavy atom. The normalized spacial score (nSPS) is 14.7. The number of anilines is 1. The minimum absolute atomic E-state index is 0.194. The maximum Gasteiger partial charge on any atom is 0.0340 e. The van der Waals surface area contributed by atoms with Crippen LogP contribution in [0.1, 0.15) is 38.7 Å². The van der Waals surface area contributed by atoms with Crippen molar-refractivity contribution in [2.45, 2.75) is 39.2 Å². The van der Waals surface area contributed by atoms with Crippen LogP contribution in [0.5, 0.6) is 0 Å². The van der Waals surface area contributed by atoms with Crippen molar-refractivity contribution in [3.63, 3.8) is 0 Å². The van der Waals surface area contributed by atoms with Gasteiger partial charge >= 0.3 is 0 Å². The van der Waals surface area contributed by atoms with Gasteiger partial charge in [-0.3, -0.25) is 0 Å². The molecule has 2 heteroatoms. The fourth-order valence-corrected chi connectivity index (χ4v) is 1.44. The van der Waals surface area contributed by atoms with Crippen molar-refractivity contribution < 1.29 is 0 Å². The van der Waals surface area contributed by atoms with Crippen molar-refractivity contribution in [2.24, 2.45) is 5.73 Å². The van der Waals surface area contributed by atoms with E-state index in [2.05, 4.69) is 43.4 Å². The van der Waals surface area contributed by atoms with E-state index >= 15 is 0 Å². The number of benzene rings is 1. The molecule has 15 heavy (non-hydrogen) atoms.